The minimum absolute atomic E-state index is 0.0289. The lowest BCUT2D eigenvalue weighted by Gasteiger charge is -2.16. The highest BCUT2D eigenvalue weighted by atomic mass is 32.2. The van der Waals surface area contributed by atoms with E-state index in [-0.39, 0.29) is 25.5 Å². The van der Waals surface area contributed by atoms with E-state index in [0.717, 1.165) is 0 Å². The van der Waals surface area contributed by atoms with E-state index < -0.39 is 15.7 Å². The Morgan fingerprint density at radius 3 is 1.64 bits per heavy atom. The molecule has 0 aliphatic carbocycles. The van der Waals surface area contributed by atoms with E-state index in [1.54, 1.807) is 6.92 Å². The van der Waals surface area contributed by atoms with Crippen LogP contribution in [0.3, 0.4) is 0 Å². The van der Waals surface area contributed by atoms with Gasteiger partial charge in [0.1, 0.15) is 0 Å². The number of nitrogens with two attached hydrogens (primary N) is 2. The molecule has 0 atom stereocenters. The third-order valence-corrected chi connectivity index (χ3v) is 1.85. The Hall–Kier alpha value is -0.250. The molecule has 0 aliphatic heterocycles. The fraction of sp³-hybridized carbons (Fsp3) is 1.00. The maximum absolute atomic E-state index is 9.71. The molecule has 0 spiro atoms. The van der Waals surface area contributed by atoms with Crippen LogP contribution in [0.5, 0.6) is 0 Å². The summed E-state index contributed by atoms with van der Waals surface area (Å²) in [7, 11) is -3.80. The predicted octanol–water partition coefficient (Wildman–Crippen LogP) is -2.48. The van der Waals surface area contributed by atoms with E-state index in [2.05, 4.69) is 0 Å². The fourth-order valence-corrected chi connectivity index (χ4v) is 0.497. The van der Waals surface area contributed by atoms with E-state index in [1.165, 1.54) is 0 Å². The summed E-state index contributed by atoms with van der Waals surface area (Å²) >= 11 is 0. The van der Waals surface area contributed by atoms with Crippen molar-refractivity contribution in [2.75, 3.05) is 25.5 Å². The molecular formula is C6H18N2O5S. The van der Waals surface area contributed by atoms with Gasteiger partial charge in [-0.3, -0.25) is 4.55 Å². The summed E-state index contributed by atoms with van der Waals surface area (Å²) in [6, 6.07) is 0. The van der Waals surface area contributed by atoms with Gasteiger partial charge < -0.3 is 21.7 Å². The Morgan fingerprint density at radius 2 is 1.64 bits per heavy atom. The fourth-order valence-electron chi connectivity index (χ4n) is 0.199. The second kappa shape index (κ2) is 7.10. The standard InChI is InChI=1S/C4H11NO2.C2H7NO3S/c1-4(5,2-6)3-7;3-1-2-7(4,5)6/h6-7H,2-3,5H2,1H3;1-3H2,(H,4,5,6). The van der Waals surface area contributed by atoms with Crippen LogP contribution in [0.1, 0.15) is 6.92 Å². The van der Waals surface area contributed by atoms with Crippen molar-refractivity contribution in [2.45, 2.75) is 12.5 Å². The van der Waals surface area contributed by atoms with Gasteiger partial charge in [0.25, 0.3) is 10.1 Å². The second-order valence-corrected chi connectivity index (χ2v) is 4.62. The molecule has 0 radical (unpaired) electrons. The molecule has 0 rings (SSSR count). The van der Waals surface area contributed by atoms with Crippen molar-refractivity contribution in [1.82, 2.24) is 0 Å². The zero-order chi connectivity index (χ0) is 11.8. The Kier molecular flexibility index (Phi) is 8.21. The molecule has 0 aromatic heterocycles. The summed E-state index contributed by atoms with van der Waals surface area (Å²) in [5, 5.41) is 16.6. The number of aliphatic hydroxyl groups excluding tert-OH is 2. The molecule has 0 unspecified atom stereocenters. The van der Waals surface area contributed by atoms with Crippen LogP contribution in [0.15, 0.2) is 0 Å². The first kappa shape index (κ1) is 16.2. The second-order valence-electron chi connectivity index (χ2n) is 3.04. The molecule has 8 heteroatoms. The summed E-state index contributed by atoms with van der Waals surface area (Å²) in [6.07, 6.45) is 0. The van der Waals surface area contributed by atoms with Gasteiger partial charge in [-0.25, -0.2) is 0 Å². The van der Waals surface area contributed by atoms with Crippen molar-refractivity contribution in [1.29, 1.82) is 0 Å². The molecule has 0 saturated heterocycles. The van der Waals surface area contributed by atoms with Crippen molar-refractivity contribution in [2.24, 2.45) is 11.5 Å². The summed E-state index contributed by atoms with van der Waals surface area (Å²) in [5.74, 6) is -0.354. The number of hydrogen-bond acceptors (Lipinski definition) is 6. The van der Waals surface area contributed by atoms with Crippen molar-refractivity contribution in [3.8, 4) is 0 Å². The summed E-state index contributed by atoms with van der Waals surface area (Å²) in [5.41, 5.74) is 9.19. The normalized spacial score (nSPS) is 11.9. The maximum Gasteiger partial charge on any atom is 0.266 e. The van der Waals surface area contributed by atoms with Gasteiger partial charge in [-0.1, -0.05) is 0 Å². The van der Waals surface area contributed by atoms with Crippen LogP contribution in [-0.2, 0) is 10.1 Å². The van der Waals surface area contributed by atoms with Gasteiger partial charge in [0.2, 0.25) is 0 Å². The lowest BCUT2D eigenvalue weighted by Crippen LogP contribution is -2.43. The Morgan fingerprint density at radius 1 is 1.29 bits per heavy atom. The molecule has 0 bridgehead atoms. The zero-order valence-corrected chi connectivity index (χ0v) is 8.87. The smallest absolute Gasteiger partial charge is 0.266 e. The molecule has 0 fully saturated rings. The van der Waals surface area contributed by atoms with Crippen molar-refractivity contribution in [3.05, 3.63) is 0 Å². The molecule has 0 aromatic carbocycles. The van der Waals surface area contributed by atoms with E-state index >= 15 is 0 Å². The van der Waals surface area contributed by atoms with Crippen LogP contribution in [0.2, 0.25) is 0 Å². The largest absolute Gasteiger partial charge is 0.394 e. The monoisotopic (exact) mass is 230 g/mol. The molecule has 7 N–H and O–H groups in total. The molecule has 7 nitrogen and oxygen atoms in total. The van der Waals surface area contributed by atoms with Gasteiger partial charge in [-0.15, -0.1) is 0 Å². The van der Waals surface area contributed by atoms with Gasteiger partial charge in [0, 0.05) is 6.54 Å². The third kappa shape index (κ3) is 14.3. The van der Waals surface area contributed by atoms with Crippen molar-refractivity contribution < 1.29 is 23.2 Å². The summed E-state index contributed by atoms with van der Waals surface area (Å²) in [6.45, 7) is 1.19. The highest BCUT2D eigenvalue weighted by Crippen LogP contribution is 1.91. The van der Waals surface area contributed by atoms with Gasteiger partial charge in [-0.2, -0.15) is 8.42 Å². The van der Waals surface area contributed by atoms with Gasteiger partial charge in [0.15, 0.2) is 0 Å². The quantitative estimate of drug-likeness (QED) is 0.336. The average molecular weight is 230 g/mol. The first-order valence-corrected chi connectivity index (χ1v) is 5.45. The van der Waals surface area contributed by atoms with Gasteiger partial charge in [-0.05, 0) is 6.92 Å². The lowest BCUT2D eigenvalue weighted by atomic mass is 10.1. The average Bonchev–Trinajstić information content (AvgIpc) is 2.04. The Bertz CT molecular complexity index is 220. The topological polar surface area (TPSA) is 147 Å². The number of rotatable bonds is 4. The molecule has 14 heavy (non-hydrogen) atoms. The van der Waals surface area contributed by atoms with Crippen LogP contribution in [0.4, 0.5) is 0 Å². The van der Waals surface area contributed by atoms with E-state index in [4.69, 9.17) is 26.2 Å². The molecule has 0 amide bonds. The SMILES string of the molecule is CC(N)(CO)CO.NCCS(=O)(=O)O. The van der Waals surface area contributed by atoms with E-state index in [9.17, 15) is 8.42 Å². The minimum atomic E-state index is -3.80. The van der Waals surface area contributed by atoms with Crippen LogP contribution >= 0.6 is 0 Å². The van der Waals surface area contributed by atoms with Crippen LogP contribution < -0.4 is 11.5 Å². The Balaban J connectivity index is 0. The Labute approximate surface area is 83.5 Å². The number of hydrogen-bond donors (Lipinski definition) is 5. The van der Waals surface area contributed by atoms with Crippen molar-refractivity contribution in [3.63, 3.8) is 0 Å². The molecule has 0 heterocycles. The summed E-state index contributed by atoms with van der Waals surface area (Å²) < 4.78 is 27.3. The maximum atomic E-state index is 9.71. The molecule has 0 aromatic rings. The van der Waals surface area contributed by atoms with Gasteiger partial charge in [0.05, 0.1) is 24.5 Å². The van der Waals surface area contributed by atoms with E-state index in [1.807, 2.05) is 0 Å². The molecule has 88 valence electrons. The molecule has 0 aliphatic rings. The zero-order valence-electron chi connectivity index (χ0n) is 8.05. The first-order valence-electron chi connectivity index (χ1n) is 3.84. The van der Waals surface area contributed by atoms with E-state index in [0.29, 0.717) is 0 Å². The first-order chi connectivity index (χ1) is 6.18. The highest BCUT2D eigenvalue weighted by molar-refractivity contribution is 7.85. The minimum Gasteiger partial charge on any atom is -0.394 e. The van der Waals surface area contributed by atoms with Crippen LogP contribution in [-0.4, -0.2) is 54.2 Å². The molecule has 0 saturated carbocycles. The number of aliphatic hydroxyl groups is 2. The predicted molar refractivity (Wildman–Crippen MR) is 52.2 cm³/mol. The van der Waals surface area contributed by atoms with Crippen LogP contribution in [0, 0.1) is 0 Å². The summed E-state index contributed by atoms with van der Waals surface area (Å²) in [4.78, 5) is 0. The van der Waals surface area contributed by atoms with Gasteiger partial charge >= 0.3 is 0 Å². The molecular weight excluding hydrogens is 212 g/mol. The highest BCUT2D eigenvalue weighted by Gasteiger charge is 2.13. The third-order valence-electron chi connectivity index (χ3n) is 1.10. The van der Waals surface area contributed by atoms with Crippen molar-refractivity contribution >= 4 is 10.1 Å². The van der Waals surface area contributed by atoms with Crippen LogP contribution in [0.25, 0.3) is 0 Å². The lowest BCUT2D eigenvalue weighted by molar-refractivity contribution is 0.134.